The number of aromatic nitrogens is 2. The molecule has 2 bridgehead atoms. The maximum Gasteiger partial charge on any atom is 0.387 e. The summed E-state index contributed by atoms with van der Waals surface area (Å²) in [4.78, 5) is 13.9. The minimum Gasteiger partial charge on any atom is -0.431 e. The molecule has 0 N–H and O–H groups in total. The molecule has 1 aromatic carbocycles. The number of carbonyl (C=O) groups is 1. The van der Waals surface area contributed by atoms with Gasteiger partial charge in [-0.25, -0.2) is 13.3 Å². The maximum atomic E-state index is 14.6. The first-order valence-corrected chi connectivity index (χ1v) is 8.85. The molecular weight excluding hydrogens is 414 g/mol. The predicted molar refractivity (Wildman–Crippen MR) is 94.5 cm³/mol. The number of hydrogen-bond donors (Lipinski definition) is 0. The number of halogens is 5. The van der Waals surface area contributed by atoms with E-state index in [4.69, 9.17) is 15.7 Å². The standard InChI is InChI=1S/C19H12ClF4N3O2/c1-26-13-4-8(15-12-5-9(20)11(22)6-27(12)25-16(13)15)14-7(18(26)28)2-3-10(21)17(14)29-19(23)24/h2-3,5-6,8,13,19H,4H2,1H3/t8-,13-/m1/s1/i1D3. The molecule has 2 aliphatic rings. The van der Waals surface area contributed by atoms with Crippen LogP contribution in [0.4, 0.5) is 17.6 Å². The molecule has 29 heavy (non-hydrogen) atoms. The van der Waals surface area contributed by atoms with Crippen molar-refractivity contribution < 1.29 is 31.2 Å². The van der Waals surface area contributed by atoms with E-state index in [1.807, 2.05) is 0 Å². The van der Waals surface area contributed by atoms with Crippen LogP contribution in [-0.4, -0.2) is 34.0 Å². The van der Waals surface area contributed by atoms with Gasteiger partial charge >= 0.3 is 6.61 Å². The highest BCUT2D eigenvalue weighted by molar-refractivity contribution is 6.31. The first kappa shape index (κ1) is 15.1. The van der Waals surface area contributed by atoms with Gasteiger partial charge in [0, 0.05) is 33.7 Å². The van der Waals surface area contributed by atoms with Crippen molar-refractivity contribution in [2.45, 2.75) is 25.0 Å². The number of ether oxygens (including phenoxy) is 1. The van der Waals surface area contributed by atoms with E-state index in [2.05, 4.69) is 9.84 Å². The van der Waals surface area contributed by atoms with E-state index in [0.29, 0.717) is 10.5 Å². The topological polar surface area (TPSA) is 46.8 Å². The van der Waals surface area contributed by atoms with Crippen molar-refractivity contribution in [3.05, 3.63) is 63.4 Å². The fourth-order valence-electron chi connectivity index (χ4n) is 4.21. The largest absolute Gasteiger partial charge is 0.431 e. The van der Waals surface area contributed by atoms with E-state index in [0.717, 1.165) is 22.8 Å². The Bertz CT molecular complexity index is 1300. The third-order valence-electron chi connectivity index (χ3n) is 5.33. The number of benzene rings is 1. The van der Waals surface area contributed by atoms with E-state index >= 15 is 0 Å². The van der Waals surface area contributed by atoms with Crippen molar-refractivity contribution in [3.8, 4) is 5.75 Å². The quantitative estimate of drug-likeness (QED) is 0.563. The van der Waals surface area contributed by atoms with Crippen LogP contribution in [-0.2, 0) is 0 Å². The number of rotatable bonds is 2. The summed E-state index contributed by atoms with van der Waals surface area (Å²) < 4.78 is 84.1. The smallest absolute Gasteiger partial charge is 0.387 e. The Kier molecular flexibility index (Phi) is 3.17. The predicted octanol–water partition coefficient (Wildman–Crippen LogP) is 4.53. The zero-order valence-corrected chi connectivity index (χ0v) is 15.1. The van der Waals surface area contributed by atoms with Gasteiger partial charge in [0.15, 0.2) is 17.4 Å². The average molecular weight is 429 g/mol. The van der Waals surface area contributed by atoms with Crippen molar-refractivity contribution in [3.63, 3.8) is 0 Å². The molecule has 0 saturated heterocycles. The molecule has 0 spiro atoms. The van der Waals surface area contributed by atoms with Crippen molar-refractivity contribution in [2.75, 3.05) is 6.98 Å². The van der Waals surface area contributed by atoms with Crippen molar-refractivity contribution >= 4 is 23.0 Å². The molecule has 3 heterocycles. The summed E-state index contributed by atoms with van der Waals surface area (Å²) in [6, 6.07) is 1.98. The molecule has 1 aliphatic carbocycles. The van der Waals surface area contributed by atoms with Crippen LogP contribution < -0.4 is 4.74 Å². The van der Waals surface area contributed by atoms with Crippen molar-refractivity contribution in [1.82, 2.24) is 14.5 Å². The van der Waals surface area contributed by atoms with Gasteiger partial charge < -0.3 is 9.64 Å². The van der Waals surface area contributed by atoms with Crippen molar-refractivity contribution in [2.24, 2.45) is 0 Å². The molecule has 0 fully saturated rings. The molecule has 2 atom stereocenters. The summed E-state index contributed by atoms with van der Waals surface area (Å²) in [6.45, 7) is -6.32. The zero-order valence-electron chi connectivity index (χ0n) is 17.3. The molecule has 5 nitrogen and oxygen atoms in total. The van der Waals surface area contributed by atoms with E-state index in [9.17, 15) is 22.4 Å². The summed E-state index contributed by atoms with van der Waals surface area (Å²) in [5.74, 6) is -4.70. The fourth-order valence-corrected chi connectivity index (χ4v) is 4.36. The Labute approximate surface area is 170 Å². The first-order valence-electron chi connectivity index (χ1n) is 9.97. The number of fused-ring (bicyclic) bond motifs is 9. The summed E-state index contributed by atoms with van der Waals surface area (Å²) >= 11 is 5.92. The highest BCUT2D eigenvalue weighted by atomic mass is 35.5. The van der Waals surface area contributed by atoms with Crippen LogP contribution in [0.5, 0.6) is 5.75 Å². The lowest BCUT2D eigenvalue weighted by molar-refractivity contribution is -0.0529. The third-order valence-corrected chi connectivity index (χ3v) is 5.62. The molecule has 150 valence electrons. The molecule has 0 radical (unpaired) electrons. The molecule has 0 unspecified atom stereocenters. The van der Waals surface area contributed by atoms with Crippen molar-refractivity contribution in [1.29, 1.82) is 0 Å². The van der Waals surface area contributed by atoms with Gasteiger partial charge in [-0.2, -0.15) is 13.9 Å². The highest BCUT2D eigenvalue weighted by Gasteiger charge is 2.46. The van der Waals surface area contributed by atoms with Gasteiger partial charge in [-0.3, -0.25) is 4.79 Å². The number of pyridine rings is 1. The summed E-state index contributed by atoms with van der Waals surface area (Å²) in [5, 5.41) is 4.01. The van der Waals surface area contributed by atoms with Gasteiger partial charge in [-0.05, 0) is 24.6 Å². The number of amides is 1. The average Bonchev–Trinajstić information content (AvgIpc) is 3.15. The van der Waals surface area contributed by atoms with Crippen LogP contribution in [0.2, 0.25) is 5.02 Å². The van der Waals surface area contributed by atoms with Crippen LogP contribution in [0.1, 0.15) is 49.7 Å². The summed E-state index contributed by atoms with van der Waals surface area (Å²) in [7, 11) is 0. The van der Waals surface area contributed by atoms with Crippen LogP contribution >= 0.6 is 11.6 Å². The zero-order chi connectivity index (χ0) is 23.1. The van der Waals surface area contributed by atoms with E-state index in [1.54, 1.807) is 0 Å². The van der Waals surface area contributed by atoms with Crippen LogP contribution in [0.3, 0.4) is 0 Å². The summed E-state index contributed by atoms with van der Waals surface area (Å²) in [6.07, 6.45) is 0.913. The summed E-state index contributed by atoms with van der Waals surface area (Å²) in [5.41, 5.74) is 0.269. The molecule has 1 aliphatic heterocycles. The van der Waals surface area contributed by atoms with Gasteiger partial charge in [0.1, 0.15) is 0 Å². The molecular formula is C19H12ClF4N3O2. The second-order valence-electron chi connectivity index (χ2n) is 6.79. The highest BCUT2D eigenvalue weighted by Crippen LogP contribution is 2.54. The lowest BCUT2D eigenvalue weighted by atomic mass is 9.88. The van der Waals surface area contributed by atoms with Crippen LogP contribution in [0.15, 0.2) is 24.4 Å². The van der Waals surface area contributed by atoms with Gasteiger partial charge in [0.25, 0.3) is 5.91 Å². The minimum absolute atomic E-state index is 0.0661. The Balaban J connectivity index is 1.88. The molecule has 3 aromatic rings. The fraction of sp³-hybridized carbons (Fsp3) is 0.263. The molecule has 1 amide bonds. The van der Waals surface area contributed by atoms with Gasteiger partial charge in [0.2, 0.25) is 0 Å². The maximum absolute atomic E-state index is 14.6. The SMILES string of the molecule is [2H]C([2H])([2H])N1C(=O)c2ccc(F)c(OC(F)F)c2[C@H]2C[C@@H]1c1nn3cc(F)c(Cl)cc3c12. The molecule has 2 aromatic heterocycles. The molecule has 10 heteroatoms. The number of carbonyl (C=O) groups excluding carboxylic acids is 1. The Morgan fingerprint density at radius 1 is 1.31 bits per heavy atom. The Hall–Kier alpha value is -2.81. The first-order chi connectivity index (χ1) is 15.0. The van der Waals surface area contributed by atoms with Crippen LogP contribution in [0.25, 0.3) is 5.52 Å². The monoisotopic (exact) mass is 428 g/mol. The number of nitrogens with zero attached hydrogens (tertiary/aromatic N) is 3. The van der Waals surface area contributed by atoms with E-state index in [1.165, 1.54) is 6.07 Å². The van der Waals surface area contributed by atoms with Gasteiger partial charge in [-0.1, -0.05) is 11.6 Å². The minimum atomic E-state index is -3.39. The lowest BCUT2D eigenvalue weighted by Gasteiger charge is -2.24. The van der Waals surface area contributed by atoms with Gasteiger partial charge in [0.05, 0.1) is 28.5 Å². The molecule has 0 saturated carbocycles. The second kappa shape index (κ2) is 6.09. The van der Waals surface area contributed by atoms with Gasteiger partial charge in [-0.15, -0.1) is 0 Å². The number of alkyl halides is 2. The third kappa shape index (κ3) is 2.46. The normalized spacial score (nSPS) is 22.2. The lowest BCUT2D eigenvalue weighted by Crippen LogP contribution is -2.30. The Morgan fingerprint density at radius 2 is 2.10 bits per heavy atom. The van der Waals surface area contributed by atoms with E-state index in [-0.39, 0.29) is 33.8 Å². The second-order valence-corrected chi connectivity index (χ2v) is 7.20. The number of hydrogen-bond acceptors (Lipinski definition) is 3. The molecule has 5 rings (SSSR count). The Morgan fingerprint density at radius 3 is 2.83 bits per heavy atom. The van der Waals surface area contributed by atoms with Crippen LogP contribution in [0, 0.1) is 11.6 Å². The van der Waals surface area contributed by atoms with E-state index < -0.39 is 48.8 Å².